The summed E-state index contributed by atoms with van der Waals surface area (Å²) in [4.78, 5) is 17.6. The van der Waals surface area contributed by atoms with E-state index in [0.29, 0.717) is 22.8 Å². The number of rotatable bonds is 7. The molecule has 3 N–H and O–H groups in total. The van der Waals surface area contributed by atoms with E-state index in [1.54, 1.807) is 50.4 Å². The average molecular weight is 479 g/mol. The van der Waals surface area contributed by atoms with Crippen LogP contribution < -0.4 is 5.32 Å². The fraction of sp³-hybridized carbons (Fsp3) is 0.192. The first kappa shape index (κ1) is 23.6. The number of aromatic nitrogens is 3. The van der Waals surface area contributed by atoms with Crippen LogP contribution in [0.4, 0.5) is 4.39 Å². The normalized spacial score (nSPS) is 12.4. The van der Waals surface area contributed by atoms with E-state index in [2.05, 4.69) is 20.5 Å². The molecule has 2 heterocycles. The zero-order chi connectivity index (χ0) is 24.3. The number of nitrogens with zero attached hydrogens (tertiary/aromatic N) is 2. The van der Waals surface area contributed by atoms with Gasteiger partial charge in [0.1, 0.15) is 5.82 Å². The van der Waals surface area contributed by atoms with Crippen molar-refractivity contribution in [2.45, 2.75) is 31.9 Å². The number of nitrogens with one attached hydrogen (secondary N) is 2. The molecule has 0 unspecified atom stereocenters. The third-order valence-corrected chi connectivity index (χ3v) is 5.79. The summed E-state index contributed by atoms with van der Waals surface area (Å²) in [7, 11) is 0. The van der Waals surface area contributed by atoms with Gasteiger partial charge >= 0.3 is 0 Å². The van der Waals surface area contributed by atoms with E-state index >= 15 is 0 Å². The van der Waals surface area contributed by atoms with Gasteiger partial charge in [0.25, 0.3) is 5.91 Å². The number of benzene rings is 2. The lowest BCUT2D eigenvalue weighted by atomic mass is 9.93. The van der Waals surface area contributed by atoms with Crippen molar-refractivity contribution < 1.29 is 14.3 Å². The summed E-state index contributed by atoms with van der Waals surface area (Å²) in [6.07, 6.45) is 1.96. The molecule has 0 aliphatic carbocycles. The molecule has 2 aromatic heterocycles. The molecule has 0 saturated heterocycles. The molecule has 1 amide bonds. The lowest BCUT2D eigenvalue weighted by Gasteiger charge is -2.30. The summed E-state index contributed by atoms with van der Waals surface area (Å²) >= 11 is 5.96. The summed E-state index contributed by atoms with van der Waals surface area (Å²) < 4.78 is 15.0. The standard InChI is InChI=1S/C26H24ClFN4O2/c1-26(2,34)23(14-18-6-3-4-13-29-18)30-25(33)19-7-5-8-20(28)24(19)22-15-21(31-32-22)16-9-11-17(27)12-10-16/h3-13,15,23,34H,14H2,1-2H3,(H,30,33)(H,31,32)/t23-/m1/s1. The van der Waals surface area contributed by atoms with Crippen LogP contribution in [-0.4, -0.2) is 37.8 Å². The van der Waals surface area contributed by atoms with Crippen LogP contribution >= 0.6 is 11.6 Å². The van der Waals surface area contributed by atoms with Crippen molar-refractivity contribution in [2.24, 2.45) is 0 Å². The van der Waals surface area contributed by atoms with Gasteiger partial charge in [0.05, 0.1) is 28.6 Å². The van der Waals surface area contributed by atoms with Gasteiger partial charge in [-0.1, -0.05) is 35.9 Å². The Morgan fingerprint density at radius 1 is 1.15 bits per heavy atom. The summed E-state index contributed by atoms with van der Waals surface area (Å²) in [5.41, 5.74) is 1.45. The minimum atomic E-state index is -1.24. The first-order valence-corrected chi connectivity index (χ1v) is 11.1. The minimum Gasteiger partial charge on any atom is -0.388 e. The minimum absolute atomic E-state index is 0.0973. The molecule has 0 fully saturated rings. The quantitative estimate of drug-likeness (QED) is 0.347. The van der Waals surface area contributed by atoms with Crippen LogP contribution in [0.3, 0.4) is 0 Å². The number of hydrogen-bond acceptors (Lipinski definition) is 4. The molecule has 6 nitrogen and oxygen atoms in total. The molecule has 174 valence electrons. The highest BCUT2D eigenvalue weighted by Crippen LogP contribution is 2.29. The summed E-state index contributed by atoms with van der Waals surface area (Å²) in [5, 5.41) is 21.2. The molecule has 8 heteroatoms. The molecule has 0 saturated carbocycles. The Balaban J connectivity index is 1.65. The third-order valence-electron chi connectivity index (χ3n) is 5.54. The molecule has 0 bridgehead atoms. The first-order chi connectivity index (χ1) is 16.2. The van der Waals surface area contributed by atoms with Crippen molar-refractivity contribution >= 4 is 17.5 Å². The maximum Gasteiger partial charge on any atom is 0.252 e. The van der Waals surface area contributed by atoms with Gasteiger partial charge in [-0.2, -0.15) is 5.10 Å². The van der Waals surface area contributed by atoms with Crippen molar-refractivity contribution in [3.05, 3.63) is 95.0 Å². The zero-order valence-electron chi connectivity index (χ0n) is 18.7. The predicted molar refractivity (Wildman–Crippen MR) is 130 cm³/mol. The largest absolute Gasteiger partial charge is 0.388 e. The number of H-pyrrole nitrogens is 1. The summed E-state index contributed by atoms with van der Waals surface area (Å²) in [6, 6.07) is 17.9. The Bertz CT molecular complexity index is 1280. The first-order valence-electron chi connectivity index (χ1n) is 10.8. The van der Waals surface area contributed by atoms with E-state index in [-0.39, 0.29) is 11.1 Å². The Kier molecular flexibility index (Phi) is 6.77. The number of carbonyl (C=O) groups excluding carboxylic acids is 1. The highest BCUT2D eigenvalue weighted by Gasteiger charge is 2.30. The fourth-order valence-electron chi connectivity index (χ4n) is 3.65. The smallest absolute Gasteiger partial charge is 0.252 e. The van der Waals surface area contributed by atoms with Gasteiger partial charge in [-0.15, -0.1) is 0 Å². The van der Waals surface area contributed by atoms with Crippen LogP contribution in [0.25, 0.3) is 22.5 Å². The number of pyridine rings is 1. The second-order valence-corrected chi connectivity index (χ2v) is 8.98. The average Bonchev–Trinajstić information content (AvgIpc) is 3.28. The molecule has 4 aromatic rings. The number of amides is 1. The van der Waals surface area contributed by atoms with Gasteiger partial charge in [0, 0.05) is 34.5 Å². The van der Waals surface area contributed by atoms with Crippen molar-refractivity contribution in [1.29, 1.82) is 0 Å². The van der Waals surface area contributed by atoms with Gasteiger partial charge in [-0.3, -0.25) is 14.9 Å². The molecule has 4 rings (SSSR count). The maximum absolute atomic E-state index is 15.0. The molecule has 0 aliphatic rings. The van der Waals surface area contributed by atoms with Crippen molar-refractivity contribution in [3.8, 4) is 22.5 Å². The third kappa shape index (κ3) is 5.32. The van der Waals surface area contributed by atoms with Gasteiger partial charge in [-0.25, -0.2) is 4.39 Å². The highest BCUT2D eigenvalue weighted by molar-refractivity contribution is 6.30. The number of aliphatic hydroxyl groups is 1. The maximum atomic E-state index is 15.0. The molecular formula is C26H24ClFN4O2. The Labute approximate surface area is 201 Å². The summed E-state index contributed by atoms with van der Waals surface area (Å²) in [5.74, 6) is -1.08. The second kappa shape index (κ2) is 9.75. The Morgan fingerprint density at radius 2 is 1.91 bits per heavy atom. The monoisotopic (exact) mass is 478 g/mol. The molecule has 0 radical (unpaired) electrons. The van der Waals surface area contributed by atoms with Crippen LogP contribution in [0.2, 0.25) is 5.02 Å². The molecule has 34 heavy (non-hydrogen) atoms. The number of carbonyl (C=O) groups is 1. The van der Waals surface area contributed by atoms with E-state index < -0.39 is 23.4 Å². The van der Waals surface area contributed by atoms with Crippen LogP contribution in [0.5, 0.6) is 0 Å². The zero-order valence-corrected chi connectivity index (χ0v) is 19.5. The Hall–Kier alpha value is -3.55. The van der Waals surface area contributed by atoms with Gasteiger partial charge in [0.15, 0.2) is 0 Å². The van der Waals surface area contributed by atoms with Crippen LogP contribution in [0.1, 0.15) is 29.9 Å². The molecular weight excluding hydrogens is 455 g/mol. The fourth-order valence-corrected chi connectivity index (χ4v) is 3.77. The van der Waals surface area contributed by atoms with Crippen LogP contribution in [0.15, 0.2) is 72.9 Å². The molecule has 0 spiro atoms. The lowest BCUT2D eigenvalue weighted by molar-refractivity contribution is 0.0347. The van der Waals surface area contributed by atoms with E-state index in [9.17, 15) is 14.3 Å². The molecule has 2 aromatic carbocycles. The van der Waals surface area contributed by atoms with E-state index in [1.165, 1.54) is 12.1 Å². The Morgan fingerprint density at radius 3 is 2.59 bits per heavy atom. The van der Waals surface area contributed by atoms with E-state index in [0.717, 1.165) is 11.3 Å². The van der Waals surface area contributed by atoms with Crippen LogP contribution in [0, 0.1) is 5.82 Å². The van der Waals surface area contributed by atoms with Gasteiger partial charge < -0.3 is 10.4 Å². The van der Waals surface area contributed by atoms with E-state index in [4.69, 9.17) is 11.6 Å². The predicted octanol–water partition coefficient (Wildman–Crippen LogP) is 5.04. The van der Waals surface area contributed by atoms with Crippen molar-refractivity contribution in [3.63, 3.8) is 0 Å². The molecule has 1 atom stereocenters. The number of aromatic amines is 1. The highest BCUT2D eigenvalue weighted by atomic mass is 35.5. The topological polar surface area (TPSA) is 90.9 Å². The molecule has 0 aliphatic heterocycles. The van der Waals surface area contributed by atoms with Gasteiger partial charge in [0.2, 0.25) is 0 Å². The summed E-state index contributed by atoms with van der Waals surface area (Å²) in [6.45, 7) is 3.22. The lowest BCUT2D eigenvalue weighted by Crippen LogP contribution is -2.50. The van der Waals surface area contributed by atoms with E-state index in [1.807, 2.05) is 24.3 Å². The van der Waals surface area contributed by atoms with Crippen molar-refractivity contribution in [1.82, 2.24) is 20.5 Å². The number of hydrogen-bond donors (Lipinski definition) is 3. The number of halogens is 2. The van der Waals surface area contributed by atoms with Crippen molar-refractivity contribution in [2.75, 3.05) is 0 Å². The van der Waals surface area contributed by atoms with Gasteiger partial charge in [-0.05, 0) is 56.3 Å². The SMILES string of the molecule is CC(C)(O)[C@@H](Cc1ccccn1)NC(=O)c1cccc(F)c1-c1cc(-c2ccc(Cl)cc2)n[nH]1. The second-order valence-electron chi connectivity index (χ2n) is 8.54. The van der Waals surface area contributed by atoms with Crippen LogP contribution in [-0.2, 0) is 6.42 Å².